The number of carbonyl (C=O) groups excluding carboxylic acids is 1. The summed E-state index contributed by atoms with van der Waals surface area (Å²) in [6.07, 6.45) is 0. The molecule has 0 saturated heterocycles. The van der Waals surface area contributed by atoms with Gasteiger partial charge in [0.15, 0.2) is 11.6 Å². The first-order chi connectivity index (χ1) is 12.0. The number of halogens is 2. The van der Waals surface area contributed by atoms with Gasteiger partial charge in [0.1, 0.15) is 18.0 Å². The van der Waals surface area contributed by atoms with Crippen LogP contribution in [0, 0.1) is 33.6 Å². The van der Waals surface area contributed by atoms with Gasteiger partial charge in [-0.25, -0.2) is 8.78 Å². The summed E-state index contributed by atoms with van der Waals surface area (Å²) in [6.45, 7) is -0.232. The van der Waals surface area contributed by atoms with Crippen molar-refractivity contribution in [3.05, 3.63) is 69.8 Å². The predicted octanol–water partition coefficient (Wildman–Crippen LogP) is 2.69. The summed E-state index contributed by atoms with van der Waals surface area (Å²) in [5.74, 6) is 2.77. The number of benzene rings is 2. The summed E-state index contributed by atoms with van der Waals surface area (Å²) in [6, 6.07) is 8.42. The highest BCUT2D eigenvalue weighted by Gasteiger charge is 2.18. The van der Waals surface area contributed by atoms with E-state index < -0.39 is 22.5 Å². The van der Waals surface area contributed by atoms with E-state index in [1.54, 1.807) is 0 Å². The Morgan fingerprint density at radius 3 is 2.68 bits per heavy atom. The third kappa shape index (κ3) is 5.00. The number of para-hydroxylation sites is 1. The van der Waals surface area contributed by atoms with Crippen LogP contribution in [0.25, 0.3) is 0 Å². The molecule has 8 heteroatoms. The van der Waals surface area contributed by atoms with E-state index in [1.165, 1.54) is 24.3 Å². The lowest BCUT2D eigenvalue weighted by molar-refractivity contribution is -0.385. The molecule has 25 heavy (non-hydrogen) atoms. The Morgan fingerprint density at radius 2 is 1.96 bits per heavy atom. The Morgan fingerprint density at radius 1 is 1.20 bits per heavy atom. The quantitative estimate of drug-likeness (QED) is 0.513. The molecule has 0 aromatic heterocycles. The summed E-state index contributed by atoms with van der Waals surface area (Å²) in [5.41, 5.74) is -0.373. The Hall–Kier alpha value is -3.47. The molecule has 6 nitrogen and oxygen atoms in total. The fourth-order valence-corrected chi connectivity index (χ4v) is 1.86. The second-order valence-corrected chi connectivity index (χ2v) is 4.67. The van der Waals surface area contributed by atoms with Gasteiger partial charge in [0.05, 0.1) is 11.5 Å². The first-order valence-corrected chi connectivity index (χ1v) is 7.04. The van der Waals surface area contributed by atoms with Gasteiger partial charge < -0.3 is 10.1 Å². The van der Waals surface area contributed by atoms with E-state index in [4.69, 9.17) is 4.74 Å². The molecular formula is C17H12F2N2O4. The lowest BCUT2D eigenvalue weighted by atomic mass is 10.1. The smallest absolute Gasteiger partial charge is 0.282 e. The molecule has 0 aliphatic rings. The minimum Gasteiger partial charge on any atom is -0.478 e. The van der Waals surface area contributed by atoms with Crippen molar-refractivity contribution in [2.24, 2.45) is 0 Å². The number of nitro benzene ring substituents is 1. The maximum Gasteiger partial charge on any atom is 0.282 e. The second-order valence-electron chi connectivity index (χ2n) is 4.67. The van der Waals surface area contributed by atoms with Gasteiger partial charge >= 0.3 is 0 Å². The van der Waals surface area contributed by atoms with Crippen LogP contribution >= 0.6 is 0 Å². The van der Waals surface area contributed by atoms with Gasteiger partial charge in [-0.1, -0.05) is 24.0 Å². The van der Waals surface area contributed by atoms with Crippen LogP contribution in [0.5, 0.6) is 5.75 Å². The van der Waals surface area contributed by atoms with Crippen molar-refractivity contribution < 1.29 is 23.2 Å². The molecule has 0 unspecified atom stereocenters. The van der Waals surface area contributed by atoms with E-state index in [2.05, 4.69) is 17.2 Å². The second kappa shape index (κ2) is 8.40. The number of carbonyl (C=O) groups is 1. The molecule has 2 aromatic carbocycles. The molecule has 0 saturated carbocycles. The van der Waals surface area contributed by atoms with Crippen LogP contribution in [-0.2, 0) is 0 Å². The highest BCUT2D eigenvalue weighted by molar-refractivity contribution is 5.98. The fraction of sp³-hybridized carbons (Fsp3) is 0.118. The van der Waals surface area contributed by atoms with Crippen molar-refractivity contribution >= 4 is 11.6 Å². The lowest BCUT2D eigenvalue weighted by Crippen LogP contribution is -2.24. The molecule has 0 aliphatic heterocycles. The number of nitro groups is 1. The van der Waals surface area contributed by atoms with E-state index >= 15 is 0 Å². The number of nitrogens with one attached hydrogen (secondary N) is 1. The zero-order valence-electron chi connectivity index (χ0n) is 12.8. The van der Waals surface area contributed by atoms with Gasteiger partial charge in [0.2, 0.25) is 0 Å². The van der Waals surface area contributed by atoms with Gasteiger partial charge in [-0.3, -0.25) is 14.9 Å². The number of rotatable bonds is 5. The van der Waals surface area contributed by atoms with Crippen molar-refractivity contribution in [2.75, 3.05) is 13.2 Å². The molecular weight excluding hydrogens is 334 g/mol. The van der Waals surface area contributed by atoms with E-state index in [0.717, 1.165) is 12.1 Å². The largest absolute Gasteiger partial charge is 0.478 e. The predicted molar refractivity (Wildman–Crippen MR) is 85.1 cm³/mol. The number of amides is 1. The van der Waals surface area contributed by atoms with Crippen LogP contribution in [0.2, 0.25) is 0 Å². The molecule has 128 valence electrons. The molecule has 0 heterocycles. The van der Waals surface area contributed by atoms with Crippen LogP contribution in [0.4, 0.5) is 14.5 Å². The Balaban J connectivity index is 1.84. The van der Waals surface area contributed by atoms with Crippen molar-refractivity contribution in [3.8, 4) is 17.6 Å². The molecule has 2 rings (SSSR count). The number of hydrogen-bond donors (Lipinski definition) is 1. The summed E-state index contributed by atoms with van der Waals surface area (Å²) < 4.78 is 31.0. The number of ether oxygens (including phenoxy) is 1. The molecule has 0 aliphatic carbocycles. The third-order valence-electron chi connectivity index (χ3n) is 3.00. The highest BCUT2D eigenvalue weighted by atomic mass is 19.1. The summed E-state index contributed by atoms with van der Waals surface area (Å²) in [5, 5.41) is 13.3. The lowest BCUT2D eigenvalue weighted by Gasteiger charge is -2.03. The maximum absolute atomic E-state index is 13.3. The molecule has 0 fully saturated rings. The monoisotopic (exact) mass is 346 g/mol. The van der Waals surface area contributed by atoms with Gasteiger partial charge in [0, 0.05) is 12.1 Å². The number of hydrogen-bond acceptors (Lipinski definition) is 4. The molecule has 1 amide bonds. The minimum absolute atomic E-state index is 0.0693. The standard InChI is InChI=1S/C17H12F2N2O4/c18-12-7-8-16(14(19)11-12)25-10-4-3-9-20-17(22)13-5-1-2-6-15(13)21(23)24/h1-2,5-8,11H,9-10H2,(H,20,22). The van der Waals surface area contributed by atoms with Crippen LogP contribution in [0.3, 0.4) is 0 Å². The molecule has 0 atom stereocenters. The molecule has 0 bridgehead atoms. The first-order valence-electron chi connectivity index (χ1n) is 7.04. The van der Waals surface area contributed by atoms with Crippen LogP contribution < -0.4 is 10.1 Å². The third-order valence-corrected chi connectivity index (χ3v) is 3.00. The molecule has 2 aromatic rings. The summed E-state index contributed by atoms with van der Waals surface area (Å²) in [4.78, 5) is 22.1. The first kappa shape index (κ1) is 17.9. The molecule has 0 spiro atoms. The Labute approximate surface area is 141 Å². The van der Waals surface area contributed by atoms with E-state index in [-0.39, 0.29) is 30.2 Å². The van der Waals surface area contributed by atoms with Gasteiger partial charge in [-0.2, -0.15) is 0 Å². The average Bonchev–Trinajstić information content (AvgIpc) is 2.59. The topological polar surface area (TPSA) is 81.5 Å². The maximum atomic E-state index is 13.3. The van der Waals surface area contributed by atoms with Crippen molar-refractivity contribution in [1.29, 1.82) is 0 Å². The van der Waals surface area contributed by atoms with Crippen molar-refractivity contribution in [2.45, 2.75) is 0 Å². The van der Waals surface area contributed by atoms with E-state index in [0.29, 0.717) is 6.07 Å². The van der Waals surface area contributed by atoms with Crippen LogP contribution in [0.15, 0.2) is 42.5 Å². The van der Waals surface area contributed by atoms with Gasteiger partial charge in [-0.05, 0) is 18.2 Å². The fourth-order valence-electron chi connectivity index (χ4n) is 1.86. The molecule has 1 N–H and O–H groups in total. The molecule has 0 radical (unpaired) electrons. The summed E-state index contributed by atoms with van der Waals surface area (Å²) in [7, 11) is 0. The summed E-state index contributed by atoms with van der Waals surface area (Å²) >= 11 is 0. The minimum atomic E-state index is -0.841. The van der Waals surface area contributed by atoms with Crippen molar-refractivity contribution in [3.63, 3.8) is 0 Å². The Bertz CT molecular complexity index is 859. The zero-order valence-corrected chi connectivity index (χ0v) is 12.8. The average molecular weight is 346 g/mol. The van der Waals surface area contributed by atoms with Crippen LogP contribution in [0.1, 0.15) is 10.4 Å². The number of nitrogens with zero attached hydrogens (tertiary/aromatic N) is 1. The zero-order chi connectivity index (χ0) is 18.2. The SMILES string of the molecule is O=C(NCC#CCOc1ccc(F)cc1F)c1ccccc1[N+](=O)[O-]. The van der Waals surface area contributed by atoms with Gasteiger partial charge in [-0.15, -0.1) is 0 Å². The van der Waals surface area contributed by atoms with Gasteiger partial charge in [0.25, 0.3) is 11.6 Å². The van der Waals surface area contributed by atoms with Crippen molar-refractivity contribution in [1.82, 2.24) is 5.32 Å². The highest BCUT2D eigenvalue weighted by Crippen LogP contribution is 2.18. The van der Waals surface area contributed by atoms with Crippen LogP contribution in [-0.4, -0.2) is 24.0 Å². The van der Waals surface area contributed by atoms with E-state index in [9.17, 15) is 23.7 Å². The normalized spacial score (nSPS) is 9.68. The van der Waals surface area contributed by atoms with E-state index in [1.807, 2.05) is 0 Å². The Kier molecular flexibility index (Phi) is 6.01.